The largest absolute Gasteiger partial charge is 0.493 e. The fraction of sp³-hybridized carbons (Fsp3) is 0.435. The number of aryl methyl sites for hydroxylation is 2. The van der Waals surface area contributed by atoms with Crippen LogP contribution in [0.4, 0.5) is 5.69 Å². The first-order valence-corrected chi connectivity index (χ1v) is 12.0. The summed E-state index contributed by atoms with van der Waals surface area (Å²) in [5.74, 6) is 0.800. The predicted octanol–water partition coefficient (Wildman–Crippen LogP) is 3.57. The number of anilines is 1. The van der Waals surface area contributed by atoms with Crippen LogP contribution in [-0.2, 0) is 21.4 Å². The van der Waals surface area contributed by atoms with E-state index in [9.17, 15) is 13.2 Å². The highest BCUT2D eigenvalue weighted by Crippen LogP contribution is 2.29. The van der Waals surface area contributed by atoms with E-state index in [4.69, 9.17) is 9.47 Å². The number of methoxy groups -OCH3 is 1. The maximum atomic E-state index is 12.9. The average Bonchev–Trinajstić information content (AvgIpc) is 2.68. The number of hydrogen-bond donors (Lipinski definition) is 1. The Bertz CT molecular complexity index is 1030. The standard InChI is InChI=1S/C23H32N2O5S/c1-15(2)30-21-11-10-19(13-22(21)29-6)14-24-23(26)18(5)25(31(7,27)28)20-12-16(3)8-9-17(20)4/h8-13,15,18H,14H2,1-7H3,(H,24,26)/t18-/m1/s1. The molecule has 0 radical (unpaired) electrons. The SMILES string of the molecule is COc1cc(CNC(=O)[C@@H](C)N(c2cc(C)ccc2C)S(C)(=O)=O)ccc1OC(C)C. The number of nitrogens with zero attached hydrogens (tertiary/aromatic N) is 1. The molecule has 1 N–H and O–H groups in total. The van der Waals surface area contributed by atoms with E-state index in [1.165, 1.54) is 4.31 Å². The summed E-state index contributed by atoms with van der Waals surface area (Å²) in [6, 6.07) is 10.0. The summed E-state index contributed by atoms with van der Waals surface area (Å²) >= 11 is 0. The van der Waals surface area contributed by atoms with Gasteiger partial charge in [0.1, 0.15) is 6.04 Å². The highest BCUT2D eigenvalue weighted by molar-refractivity contribution is 7.92. The molecule has 8 heteroatoms. The fourth-order valence-corrected chi connectivity index (χ4v) is 4.47. The van der Waals surface area contributed by atoms with Crippen molar-refractivity contribution in [3.05, 3.63) is 53.1 Å². The van der Waals surface area contributed by atoms with Gasteiger partial charge in [0, 0.05) is 6.54 Å². The zero-order valence-corrected chi connectivity index (χ0v) is 20.0. The number of amides is 1. The Balaban J connectivity index is 2.21. The zero-order chi connectivity index (χ0) is 23.3. The first kappa shape index (κ1) is 24.5. The van der Waals surface area contributed by atoms with Gasteiger partial charge in [-0.1, -0.05) is 18.2 Å². The second-order valence-corrected chi connectivity index (χ2v) is 9.75. The van der Waals surface area contributed by atoms with Crippen LogP contribution in [0, 0.1) is 13.8 Å². The van der Waals surface area contributed by atoms with Crippen molar-refractivity contribution < 1.29 is 22.7 Å². The van der Waals surface area contributed by atoms with E-state index in [1.807, 2.05) is 45.9 Å². The summed E-state index contributed by atoms with van der Waals surface area (Å²) in [5, 5.41) is 2.83. The van der Waals surface area contributed by atoms with E-state index < -0.39 is 22.0 Å². The Hall–Kier alpha value is -2.74. The molecule has 1 amide bonds. The first-order valence-electron chi connectivity index (χ1n) is 10.1. The van der Waals surface area contributed by atoms with Gasteiger partial charge in [0.05, 0.1) is 25.2 Å². The van der Waals surface area contributed by atoms with E-state index in [1.54, 1.807) is 32.2 Å². The highest BCUT2D eigenvalue weighted by atomic mass is 32.2. The summed E-state index contributed by atoms with van der Waals surface area (Å²) in [6.45, 7) is 9.37. The van der Waals surface area contributed by atoms with Crippen LogP contribution >= 0.6 is 0 Å². The summed E-state index contributed by atoms with van der Waals surface area (Å²) < 4.78 is 37.3. The molecule has 0 heterocycles. The van der Waals surface area contributed by atoms with E-state index in [-0.39, 0.29) is 12.6 Å². The molecular formula is C23H32N2O5S. The maximum Gasteiger partial charge on any atom is 0.243 e. The third-order valence-electron chi connectivity index (χ3n) is 4.75. The topological polar surface area (TPSA) is 84.9 Å². The lowest BCUT2D eigenvalue weighted by molar-refractivity contribution is -0.122. The van der Waals surface area contributed by atoms with Crippen LogP contribution in [0.3, 0.4) is 0 Å². The molecule has 170 valence electrons. The van der Waals surface area contributed by atoms with Crippen LogP contribution in [0.1, 0.15) is 37.5 Å². The van der Waals surface area contributed by atoms with Crippen LogP contribution in [0.25, 0.3) is 0 Å². The van der Waals surface area contributed by atoms with Gasteiger partial charge in [0.15, 0.2) is 11.5 Å². The van der Waals surface area contributed by atoms with Gasteiger partial charge in [0.2, 0.25) is 15.9 Å². The number of ether oxygens (including phenoxy) is 2. The molecular weight excluding hydrogens is 416 g/mol. The van der Waals surface area contributed by atoms with Gasteiger partial charge in [-0.3, -0.25) is 9.10 Å². The Morgan fingerprint density at radius 1 is 1.06 bits per heavy atom. The molecule has 2 aromatic carbocycles. The van der Waals surface area contributed by atoms with Crippen molar-refractivity contribution in [3.8, 4) is 11.5 Å². The molecule has 2 rings (SSSR count). The van der Waals surface area contributed by atoms with E-state index >= 15 is 0 Å². The third kappa shape index (κ3) is 6.37. The van der Waals surface area contributed by atoms with Crippen molar-refractivity contribution >= 4 is 21.6 Å². The zero-order valence-electron chi connectivity index (χ0n) is 19.2. The van der Waals surface area contributed by atoms with Crippen molar-refractivity contribution in [1.29, 1.82) is 0 Å². The summed E-state index contributed by atoms with van der Waals surface area (Å²) in [6.07, 6.45) is 1.11. The summed E-state index contributed by atoms with van der Waals surface area (Å²) in [4.78, 5) is 12.9. The normalized spacial score (nSPS) is 12.4. The number of carbonyl (C=O) groups excluding carboxylic acids is 1. The molecule has 0 aliphatic heterocycles. The molecule has 0 aromatic heterocycles. The average molecular weight is 449 g/mol. The minimum absolute atomic E-state index is 0.00681. The van der Waals surface area contributed by atoms with E-state index in [2.05, 4.69) is 5.32 Å². The van der Waals surface area contributed by atoms with Gasteiger partial charge in [-0.2, -0.15) is 0 Å². The lowest BCUT2D eigenvalue weighted by Crippen LogP contribution is -2.48. The molecule has 0 aliphatic carbocycles. The van der Waals surface area contributed by atoms with Crippen molar-refractivity contribution in [2.75, 3.05) is 17.7 Å². The number of carbonyl (C=O) groups is 1. The molecule has 0 saturated carbocycles. The lowest BCUT2D eigenvalue weighted by atomic mass is 10.1. The van der Waals surface area contributed by atoms with Crippen molar-refractivity contribution in [2.45, 2.75) is 53.3 Å². The molecule has 0 saturated heterocycles. The molecule has 0 fully saturated rings. The molecule has 0 bridgehead atoms. The number of hydrogen-bond acceptors (Lipinski definition) is 5. The smallest absolute Gasteiger partial charge is 0.243 e. The van der Waals surface area contributed by atoms with Crippen LogP contribution in [0.2, 0.25) is 0 Å². The molecule has 31 heavy (non-hydrogen) atoms. The van der Waals surface area contributed by atoms with Crippen molar-refractivity contribution in [3.63, 3.8) is 0 Å². The first-order chi connectivity index (χ1) is 14.4. The quantitative estimate of drug-likeness (QED) is 0.634. The molecule has 0 aliphatic rings. The molecule has 7 nitrogen and oxygen atoms in total. The monoisotopic (exact) mass is 448 g/mol. The van der Waals surface area contributed by atoms with Crippen LogP contribution in [-0.4, -0.2) is 39.8 Å². The van der Waals surface area contributed by atoms with Gasteiger partial charge in [-0.05, 0) is 69.5 Å². The van der Waals surface area contributed by atoms with Gasteiger partial charge in [0.25, 0.3) is 0 Å². The summed E-state index contributed by atoms with van der Waals surface area (Å²) in [5.41, 5.74) is 3.01. The molecule has 0 spiro atoms. The van der Waals surface area contributed by atoms with E-state index in [0.29, 0.717) is 17.2 Å². The van der Waals surface area contributed by atoms with Crippen LogP contribution in [0.5, 0.6) is 11.5 Å². The number of sulfonamides is 1. The Labute approximate surface area is 185 Å². The number of rotatable bonds is 9. The van der Waals surface area contributed by atoms with Crippen molar-refractivity contribution in [1.82, 2.24) is 5.32 Å². The highest BCUT2D eigenvalue weighted by Gasteiger charge is 2.30. The molecule has 1 atom stereocenters. The van der Waals surface area contributed by atoms with E-state index in [0.717, 1.165) is 22.9 Å². The maximum absolute atomic E-state index is 12.9. The van der Waals surface area contributed by atoms with Gasteiger partial charge in [-0.15, -0.1) is 0 Å². The van der Waals surface area contributed by atoms with Gasteiger partial charge >= 0.3 is 0 Å². The second kappa shape index (κ2) is 10.0. The Morgan fingerprint density at radius 3 is 2.32 bits per heavy atom. The number of benzene rings is 2. The third-order valence-corrected chi connectivity index (χ3v) is 5.98. The molecule has 0 unspecified atom stereocenters. The predicted molar refractivity (Wildman–Crippen MR) is 123 cm³/mol. The van der Waals surface area contributed by atoms with Gasteiger partial charge in [-0.25, -0.2) is 8.42 Å². The van der Waals surface area contributed by atoms with Gasteiger partial charge < -0.3 is 14.8 Å². The fourth-order valence-electron chi connectivity index (χ4n) is 3.25. The Kier molecular flexibility index (Phi) is 7.95. The Morgan fingerprint density at radius 2 is 1.74 bits per heavy atom. The van der Waals surface area contributed by atoms with Crippen molar-refractivity contribution in [2.24, 2.45) is 0 Å². The van der Waals surface area contributed by atoms with Crippen LogP contribution in [0.15, 0.2) is 36.4 Å². The van der Waals surface area contributed by atoms with Crippen LogP contribution < -0.4 is 19.1 Å². The number of nitrogens with one attached hydrogen (secondary N) is 1. The molecule has 2 aromatic rings. The lowest BCUT2D eigenvalue weighted by Gasteiger charge is -2.29. The minimum Gasteiger partial charge on any atom is -0.493 e. The summed E-state index contributed by atoms with van der Waals surface area (Å²) in [7, 11) is -2.12. The minimum atomic E-state index is -3.68. The second-order valence-electron chi connectivity index (χ2n) is 7.89.